The summed E-state index contributed by atoms with van der Waals surface area (Å²) in [5.74, 6) is 0.179. The molecular formula is C34H37N3O6S. The number of hydrogen-bond donors (Lipinski definition) is 1. The zero-order chi connectivity index (χ0) is 31.7. The van der Waals surface area contributed by atoms with E-state index in [9.17, 15) is 18.0 Å². The Kier molecular flexibility index (Phi) is 10.6. The van der Waals surface area contributed by atoms with E-state index >= 15 is 0 Å². The summed E-state index contributed by atoms with van der Waals surface area (Å²) < 4.78 is 39.8. The largest absolute Gasteiger partial charge is 0.497 e. The lowest BCUT2D eigenvalue weighted by atomic mass is 10.0. The highest BCUT2D eigenvalue weighted by atomic mass is 32.2. The van der Waals surface area contributed by atoms with Crippen LogP contribution in [0.4, 0.5) is 5.69 Å². The van der Waals surface area contributed by atoms with Gasteiger partial charge >= 0.3 is 0 Å². The van der Waals surface area contributed by atoms with Crippen LogP contribution < -0.4 is 19.1 Å². The second-order valence-electron chi connectivity index (χ2n) is 10.2. The number of nitrogens with zero attached hydrogens (tertiary/aromatic N) is 2. The van der Waals surface area contributed by atoms with Crippen molar-refractivity contribution in [1.82, 2.24) is 10.2 Å². The molecule has 0 radical (unpaired) electrons. The first-order chi connectivity index (χ1) is 21.2. The molecule has 1 unspecified atom stereocenters. The van der Waals surface area contributed by atoms with Gasteiger partial charge in [0.05, 0.1) is 24.8 Å². The minimum atomic E-state index is -4.20. The van der Waals surface area contributed by atoms with Gasteiger partial charge in [0.25, 0.3) is 10.0 Å². The number of anilines is 1. The zero-order valence-electron chi connectivity index (χ0n) is 25.3. The van der Waals surface area contributed by atoms with Gasteiger partial charge in [-0.1, -0.05) is 60.2 Å². The lowest BCUT2D eigenvalue weighted by molar-refractivity contribution is -0.139. The predicted octanol–water partition coefficient (Wildman–Crippen LogP) is 4.59. The van der Waals surface area contributed by atoms with Crippen LogP contribution in [0.5, 0.6) is 11.5 Å². The standard InChI is InChI=1S/C34H37N3O6S/c1-25-13-15-28(16-14-25)37(44(40,41)31-19-17-29(42-3)18-20-31)24-33(38)36(23-27-11-8-12-30(21-27)43-4)32(34(39)35-2)22-26-9-6-5-7-10-26/h5-21,32H,22-24H2,1-4H3,(H,35,39). The van der Waals surface area contributed by atoms with Crippen molar-refractivity contribution < 1.29 is 27.5 Å². The Balaban J connectivity index is 1.79. The Bertz CT molecular complexity index is 1660. The molecule has 1 N–H and O–H groups in total. The number of nitrogens with one attached hydrogen (secondary N) is 1. The van der Waals surface area contributed by atoms with Crippen molar-refractivity contribution >= 4 is 27.5 Å². The fourth-order valence-corrected chi connectivity index (χ4v) is 6.22. The molecule has 0 spiro atoms. The number of carbonyl (C=O) groups is 2. The molecule has 0 fully saturated rings. The highest BCUT2D eigenvalue weighted by molar-refractivity contribution is 7.92. The minimum Gasteiger partial charge on any atom is -0.497 e. The van der Waals surface area contributed by atoms with E-state index in [1.54, 1.807) is 61.7 Å². The monoisotopic (exact) mass is 615 g/mol. The Labute approximate surface area is 259 Å². The molecule has 0 saturated carbocycles. The van der Waals surface area contributed by atoms with Gasteiger partial charge in [0, 0.05) is 20.0 Å². The Morgan fingerprint density at radius 2 is 1.43 bits per heavy atom. The van der Waals surface area contributed by atoms with E-state index < -0.39 is 28.5 Å². The predicted molar refractivity (Wildman–Crippen MR) is 170 cm³/mol. The number of sulfonamides is 1. The van der Waals surface area contributed by atoms with Gasteiger partial charge in [-0.15, -0.1) is 0 Å². The van der Waals surface area contributed by atoms with Crippen LogP contribution in [-0.2, 0) is 32.6 Å². The molecule has 44 heavy (non-hydrogen) atoms. The molecule has 4 rings (SSSR count). The number of carbonyl (C=O) groups excluding carboxylic acids is 2. The second kappa shape index (κ2) is 14.6. The quantitative estimate of drug-likeness (QED) is 0.236. The van der Waals surface area contributed by atoms with E-state index in [0.717, 1.165) is 21.0 Å². The first kappa shape index (κ1) is 32.1. The van der Waals surface area contributed by atoms with Crippen molar-refractivity contribution in [2.75, 3.05) is 32.1 Å². The maximum Gasteiger partial charge on any atom is 0.264 e. The number of rotatable bonds is 13. The molecule has 230 valence electrons. The molecule has 0 aliphatic heterocycles. The molecule has 0 aromatic heterocycles. The third-order valence-corrected chi connectivity index (χ3v) is 9.04. The Morgan fingerprint density at radius 1 is 0.795 bits per heavy atom. The molecule has 0 saturated heterocycles. The summed E-state index contributed by atoms with van der Waals surface area (Å²) >= 11 is 0. The molecular weight excluding hydrogens is 578 g/mol. The molecule has 1 atom stereocenters. The Hall–Kier alpha value is -4.83. The van der Waals surface area contributed by atoms with Crippen molar-refractivity contribution in [2.24, 2.45) is 0 Å². The van der Waals surface area contributed by atoms with Crippen LogP contribution in [0.1, 0.15) is 16.7 Å². The summed E-state index contributed by atoms with van der Waals surface area (Å²) in [6, 6.07) is 28.5. The lowest BCUT2D eigenvalue weighted by Gasteiger charge is -2.33. The van der Waals surface area contributed by atoms with Crippen LogP contribution in [0.15, 0.2) is 108 Å². The van der Waals surface area contributed by atoms with E-state index in [1.165, 1.54) is 31.2 Å². The molecule has 9 nitrogen and oxygen atoms in total. The van der Waals surface area contributed by atoms with Gasteiger partial charge in [-0.05, 0) is 66.6 Å². The fourth-order valence-electron chi connectivity index (χ4n) is 4.80. The molecule has 0 bridgehead atoms. The summed E-state index contributed by atoms with van der Waals surface area (Å²) in [5.41, 5.74) is 2.83. The average Bonchev–Trinajstić information content (AvgIpc) is 3.05. The normalized spacial score (nSPS) is 11.7. The molecule has 10 heteroatoms. The van der Waals surface area contributed by atoms with Gasteiger partial charge in [-0.2, -0.15) is 0 Å². The van der Waals surface area contributed by atoms with Gasteiger partial charge in [-0.3, -0.25) is 13.9 Å². The van der Waals surface area contributed by atoms with Gasteiger partial charge in [0.1, 0.15) is 24.1 Å². The van der Waals surface area contributed by atoms with E-state index in [2.05, 4.69) is 5.32 Å². The third-order valence-electron chi connectivity index (χ3n) is 7.25. The summed E-state index contributed by atoms with van der Waals surface area (Å²) in [6.45, 7) is 1.40. The molecule has 4 aromatic rings. The number of amides is 2. The van der Waals surface area contributed by atoms with Crippen LogP contribution in [0, 0.1) is 6.92 Å². The Morgan fingerprint density at radius 3 is 2.05 bits per heavy atom. The number of ether oxygens (including phenoxy) is 2. The average molecular weight is 616 g/mol. The summed E-state index contributed by atoms with van der Waals surface area (Å²) in [5, 5.41) is 2.69. The first-order valence-corrected chi connectivity index (χ1v) is 15.5. The third kappa shape index (κ3) is 7.76. The lowest BCUT2D eigenvalue weighted by Crippen LogP contribution is -2.53. The highest BCUT2D eigenvalue weighted by Crippen LogP contribution is 2.27. The maximum absolute atomic E-state index is 14.4. The first-order valence-electron chi connectivity index (χ1n) is 14.1. The topological polar surface area (TPSA) is 105 Å². The number of benzene rings is 4. The van der Waals surface area contributed by atoms with Gasteiger partial charge in [0.15, 0.2) is 0 Å². The molecule has 4 aromatic carbocycles. The molecule has 0 aliphatic carbocycles. The van der Waals surface area contributed by atoms with E-state index in [-0.39, 0.29) is 23.8 Å². The van der Waals surface area contributed by atoms with Crippen molar-refractivity contribution in [3.05, 3.63) is 120 Å². The van der Waals surface area contributed by atoms with Gasteiger partial charge in [-0.25, -0.2) is 8.42 Å². The van der Waals surface area contributed by atoms with Crippen LogP contribution in [-0.4, -0.2) is 59.0 Å². The zero-order valence-corrected chi connectivity index (χ0v) is 26.1. The van der Waals surface area contributed by atoms with Crippen molar-refractivity contribution in [3.8, 4) is 11.5 Å². The summed E-state index contributed by atoms with van der Waals surface area (Å²) in [7, 11) is 0.356. The molecule has 0 heterocycles. The van der Waals surface area contributed by atoms with E-state index in [1.807, 2.05) is 43.3 Å². The van der Waals surface area contributed by atoms with E-state index in [4.69, 9.17) is 9.47 Å². The smallest absolute Gasteiger partial charge is 0.264 e. The number of aryl methyl sites for hydroxylation is 1. The van der Waals surface area contributed by atoms with Crippen molar-refractivity contribution in [1.29, 1.82) is 0 Å². The van der Waals surface area contributed by atoms with Crippen molar-refractivity contribution in [3.63, 3.8) is 0 Å². The van der Waals surface area contributed by atoms with Crippen molar-refractivity contribution in [2.45, 2.75) is 30.8 Å². The summed E-state index contributed by atoms with van der Waals surface area (Å²) in [6.07, 6.45) is 0.228. The minimum absolute atomic E-state index is 0.00171. The van der Waals surface area contributed by atoms with Gasteiger partial charge in [0.2, 0.25) is 11.8 Å². The van der Waals surface area contributed by atoms with Crippen LogP contribution in [0.25, 0.3) is 0 Å². The number of likely N-dealkylation sites (N-methyl/N-ethyl adjacent to an activating group) is 1. The highest BCUT2D eigenvalue weighted by Gasteiger charge is 2.34. The number of methoxy groups -OCH3 is 2. The summed E-state index contributed by atoms with van der Waals surface area (Å²) in [4.78, 5) is 29.2. The number of hydrogen-bond acceptors (Lipinski definition) is 6. The van der Waals surface area contributed by atoms with Gasteiger partial charge < -0.3 is 19.7 Å². The molecule has 0 aliphatic rings. The van der Waals surface area contributed by atoms with E-state index in [0.29, 0.717) is 17.2 Å². The SMILES string of the molecule is CNC(=O)C(Cc1ccccc1)N(Cc1cccc(OC)c1)C(=O)CN(c1ccc(C)cc1)S(=O)(=O)c1ccc(OC)cc1. The fraction of sp³-hybridized carbons (Fsp3) is 0.235. The molecule has 2 amide bonds. The second-order valence-corrected chi connectivity index (χ2v) is 12.1. The van der Waals surface area contributed by atoms with Crippen LogP contribution >= 0.6 is 0 Å². The van der Waals surface area contributed by atoms with Crippen LogP contribution in [0.2, 0.25) is 0 Å². The maximum atomic E-state index is 14.4. The van der Waals surface area contributed by atoms with Crippen LogP contribution in [0.3, 0.4) is 0 Å².